The van der Waals surface area contributed by atoms with Crippen LogP contribution < -0.4 is 11.4 Å². The van der Waals surface area contributed by atoms with Gasteiger partial charge in [-0.25, -0.2) is 24.4 Å². The number of carbonyl (C=O) groups excluding carboxylic acids is 1. The van der Waals surface area contributed by atoms with Crippen molar-refractivity contribution in [2.45, 2.75) is 13.0 Å². The fraction of sp³-hybridized carbons (Fsp3) is 0.500. The maximum atomic E-state index is 10.9. The number of aromatic amines is 2. The summed E-state index contributed by atoms with van der Waals surface area (Å²) >= 11 is 0. The standard InChI is InChI=1S/C6H9N3O4/c1-13-4(10)2-3-9-5(11)7-8-6(9)12/h2-3H2,1H3,(H,7,11)(H,8,12). The number of hydrogen-bond acceptors (Lipinski definition) is 4. The lowest BCUT2D eigenvalue weighted by Crippen LogP contribution is -2.27. The van der Waals surface area contributed by atoms with Gasteiger partial charge in [0.25, 0.3) is 0 Å². The number of H-pyrrole nitrogens is 2. The van der Waals surface area contributed by atoms with Gasteiger partial charge in [-0.15, -0.1) is 0 Å². The van der Waals surface area contributed by atoms with Gasteiger partial charge in [-0.3, -0.25) is 4.79 Å². The van der Waals surface area contributed by atoms with Crippen molar-refractivity contribution >= 4 is 5.97 Å². The zero-order chi connectivity index (χ0) is 9.84. The van der Waals surface area contributed by atoms with Crippen LogP contribution >= 0.6 is 0 Å². The van der Waals surface area contributed by atoms with Crippen molar-refractivity contribution < 1.29 is 9.53 Å². The summed E-state index contributed by atoms with van der Waals surface area (Å²) in [5.41, 5.74) is -1.12. The molecule has 0 aliphatic carbocycles. The SMILES string of the molecule is COC(=O)CCn1c(=O)[nH][nH]c1=O. The second kappa shape index (κ2) is 3.74. The number of nitrogens with zero attached hydrogens (tertiary/aromatic N) is 1. The van der Waals surface area contributed by atoms with Crippen molar-refractivity contribution in [1.82, 2.24) is 14.8 Å². The number of ether oxygens (including phenoxy) is 1. The molecule has 7 heteroatoms. The molecular weight excluding hydrogens is 178 g/mol. The normalized spacial score (nSPS) is 9.92. The molecule has 0 amide bonds. The number of methoxy groups -OCH3 is 1. The van der Waals surface area contributed by atoms with Crippen LogP contribution in [0.5, 0.6) is 0 Å². The Kier molecular flexibility index (Phi) is 2.68. The summed E-state index contributed by atoms with van der Waals surface area (Å²) in [4.78, 5) is 32.4. The minimum atomic E-state index is -0.561. The highest BCUT2D eigenvalue weighted by Gasteiger charge is 2.05. The molecule has 0 aliphatic heterocycles. The van der Waals surface area contributed by atoms with Crippen LogP contribution in [0.25, 0.3) is 0 Å². The maximum Gasteiger partial charge on any atom is 0.344 e. The predicted octanol–water partition coefficient (Wildman–Crippen LogP) is -1.57. The van der Waals surface area contributed by atoms with Gasteiger partial charge in [-0.2, -0.15) is 0 Å². The first-order chi connectivity index (χ1) is 6.15. The lowest BCUT2D eigenvalue weighted by Gasteiger charge is -1.97. The molecule has 1 aromatic rings. The molecule has 0 atom stereocenters. The maximum absolute atomic E-state index is 10.9. The highest BCUT2D eigenvalue weighted by atomic mass is 16.5. The fourth-order valence-corrected chi connectivity index (χ4v) is 0.842. The Morgan fingerprint density at radius 1 is 1.38 bits per heavy atom. The predicted molar refractivity (Wildman–Crippen MR) is 42.3 cm³/mol. The molecule has 13 heavy (non-hydrogen) atoms. The van der Waals surface area contributed by atoms with Gasteiger partial charge >= 0.3 is 17.3 Å². The van der Waals surface area contributed by atoms with Crippen LogP contribution in [0.3, 0.4) is 0 Å². The van der Waals surface area contributed by atoms with Gasteiger partial charge in [0.15, 0.2) is 0 Å². The van der Waals surface area contributed by atoms with Crippen LogP contribution in [0.4, 0.5) is 0 Å². The largest absolute Gasteiger partial charge is 0.469 e. The molecule has 0 saturated heterocycles. The quantitative estimate of drug-likeness (QED) is 0.558. The van der Waals surface area contributed by atoms with E-state index in [1.807, 2.05) is 0 Å². The molecule has 0 unspecified atom stereocenters. The lowest BCUT2D eigenvalue weighted by molar-refractivity contribution is -0.140. The van der Waals surface area contributed by atoms with Gasteiger partial charge in [-0.1, -0.05) is 0 Å². The number of aromatic nitrogens is 3. The van der Waals surface area contributed by atoms with E-state index in [1.54, 1.807) is 0 Å². The molecule has 1 rings (SSSR count). The average molecular weight is 187 g/mol. The summed E-state index contributed by atoms with van der Waals surface area (Å²) in [6.07, 6.45) is -0.00264. The smallest absolute Gasteiger partial charge is 0.344 e. The molecule has 1 heterocycles. The van der Waals surface area contributed by atoms with Gasteiger partial charge in [0.2, 0.25) is 0 Å². The molecule has 0 bridgehead atoms. The van der Waals surface area contributed by atoms with Crippen LogP contribution in [-0.4, -0.2) is 27.8 Å². The zero-order valence-corrected chi connectivity index (χ0v) is 6.99. The van der Waals surface area contributed by atoms with Gasteiger partial charge in [0.1, 0.15) is 0 Å². The molecule has 0 aliphatic rings. The second-order valence-electron chi connectivity index (χ2n) is 2.34. The van der Waals surface area contributed by atoms with Crippen LogP contribution in [0, 0.1) is 0 Å². The van der Waals surface area contributed by atoms with Crippen molar-refractivity contribution in [1.29, 1.82) is 0 Å². The van der Waals surface area contributed by atoms with E-state index in [4.69, 9.17) is 0 Å². The van der Waals surface area contributed by atoms with E-state index < -0.39 is 17.3 Å². The number of nitrogens with one attached hydrogen (secondary N) is 2. The first-order valence-corrected chi connectivity index (χ1v) is 3.59. The van der Waals surface area contributed by atoms with Crippen molar-refractivity contribution in [3.63, 3.8) is 0 Å². The van der Waals surface area contributed by atoms with Crippen molar-refractivity contribution in [3.05, 3.63) is 21.0 Å². The third-order valence-electron chi connectivity index (χ3n) is 1.53. The van der Waals surface area contributed by atoms with Crippen LogP contribution in [0.1, 0.15) is 6.42 Å². The lowest BCUT2D eigenvalue weighted by atomic mass is 10.4. The molecular formula is C6H9N3O4. The molecule has 0 spiro atoms. The molecule has 72 valence electrons. The molecule has 7 nitrogen and oxygen atoms in total. The summed E-state index contributed by atoms with van der Waals surface area (Å²) in [7, 11) is 1.24. The number of rotatable bonds is 3. The minimum Gasteiger partial charge on any atom is -0.469 e. The van der Waals surface area contributed by atoms with E-state index in [0.717, 1.165) is 4.57 Å². The van der Waals surface area contributed by atoms with Crippen LogP contribution in [0.2, 0.25) is 0 Å². The van der Waals surface area contributed by atoms with E-state index in [1.165, 1.54) is 7.11 Å². The van der Waals surface area contributed by atoms with Gasteiger partial charge in [0, 0.05) is 6.54 Å². The number of carbonyl (C=O) groups is 1. The fourth-order valence-electron chi connectivity index (χ4n) is 0.842. The summed E-state index contributed by atoms with van der Waals surface area (Å²) in [6, 6.07) is 0. The summed E-state index contributed by atoms with van der Waals surface area (Å²) in [6.45, 7) is 0.0182. The first kappa shape index (κ1) is 9.30. The van der Waals surface area contributed by atoms with Crippen LogP contribution in [-0.2, 0) is 16.1 Å². The summed E-state index contributed by atoms with van der Waals surface area (Å²) < 4.78 is 5.24. The van der Waals surface area contributed by atoms with Crippen molar-refractivity contribution in [2.75, 3.05) is 7.11 Å². The molecule has 0 aromatic carbocycles. The molecule has 0 fully saturated rings. The summed E-state index contributed by atoms with van der Waals surface area (Å²) in [5.74, 6) is -0.465. The first-order valence-electron chi connectivity index (χ1n) is 3.59. The van der Waals surface area contributed by atoms with Crippen molar-refractivity contribution in [3.8, 4) is 0 Å². The third kappa shape index (κ3) is 2.08. The van der Waals surface area contributed by atoms with Gasteiger partial charge in [-0.05, 0) is 0 Å². The number of hydrogen-bond donors (Lipinski definition) is 2. The van der Waals surface area contributed by atoms with E-state index in [9.17, 15) is 14.4 Å². The van der Waals surface area contributed by atoms with E-state index in [2.05, 4.69) is 14.9 Å². The van der Waals surface area contributed by atoms with E-state index in [0.29, 0.717) is 0 Å². The Morgan fingerprint density at radius 3 is 2.38 bits per heavy atom. The Balaban J connectivity index is 2.70. The highest BCUT2D eigenvalue weighted by molar-refractivity contribution is 5.68. The summed E-state index contributed by atoms with van der Waals surface area (Å²) in [5, 5.41) is 4.19. The van der Waals surface area contributed by atoms with Crippen molar-refractivity contribution in [2.24, 2.45) is 0 Å². The molecule has 1 aromatic heterocycles. The van der Waals surface area contributed by atoms with Gasteiger partial charge < -0.3 is 4.74 Å². The molecule has 2 N–H and O–H groups in total. The molecule has 0 saturated carbocycles. The van der Waals surface area contributed by atoms with Crippen LogP contribution in [0.15, 0.2) is 9.59 Å². The monoisotopic (exact) mass is 187 g/mol. The Bertz CT molecular complexity index is 371. The Hall–Kier alpha value is -1.79. The van der Waals surface area contributed by atoms with E-state index >= 15 is 0 Å². The van der Waals surface area contributed by atoms with Gasteiger partial charge in [0.05, 0.1) is 13.5 Å². The topological polar surface area (TPSA) is 96.9 Å². The second-order valence-corrected chi connectivity index (χ2v) is 2.34. The third-order valence-corrected chi connectivity index (χ3v) is 1.53. The zero-order valence-electron chi connectivity index (χ0n) is 6.99. The Labute approximate surface area is 72.3 Å². The highest BCUT2D eigenvalue weighted by Crippen LogP contribution is 1.84. The minimum absolute atomic E-state index is 0.00264. The molecule has 0 radical (unpaired) electrons. The van der Waals surface area contributed by atoms with E-state index in [-0.39, 0.29) is 13.0 Å². The average Bonchev–Trinajstić information content (AvgIpc) is 2.43. The Morgan fingerprint density at radius 2 is 1.92 bits per heavy atom. The number of esters is 1.